The summed E-state index contributed by atoms with van der Waals surface area (Å²) in [6.07, 6.45) is 103. The Bertz CT molecular complexity index is 1940. The second-order valence-corrected chi connectivity index (χ2v) is 21.3. The van der Waals surface area contributed by atoms with E-state index in [1.54, 1.807) is 0 Å². The fourth-order valence-corrected chi connectivity index (χ4v) is 8.50. The van der Waals surface area contributed by atoms with Crippen molar-refractivity contribution in [3.05, 3.63) is 182 Å². The van der Waals surface area contributed by atoms with Crippen LogP contribution in [0.5, 0.6) is 0 Å². The van der Waals surface area contributed by atoms with E-state index in [0.29, 0.717) is 12.8 Å². The highest BCUT2D eigenvalue weighted by molar-refractivity contribution is 5.71. The zero-order chi connectivity index (χ0) is 59.9. The van der Waals surface area contributed by atoms with Gasteiger partial charge in [0.15, 0.2) is 6.10 Å². The number of unbranched alkanes of at least 4 members (excludes halogenated alkanes) is 17. The first-order chi connectivity index (χ1) is 41.0. The number of hydrogen-bond donors (Lipinski definition) is 0. The van der Waals surface area contributed by atoms with Gasteiger partial charge in [-0.1, -0.05) is 287 Å². The van der Waals surface area contributed by atoms with Gasteiger partial charge in [-0.3, -0.25) is 14.4 Å². The van der Waals surface area contributed by atoms with Gasteiger partial charge in [-0.15, -0.1) is 0 Å². The molecule has 0 aliphatic heterocycles. The molecule has 0 aromatic heterocycles. The van der Waals surface area contributed by atoms with Crippen LogP contribution in [0.4, 0.5) is 0 Å². The van der Waals surface area contributed by atoms with Crippen molar-refractivity contribution in [1.29, 1.82) is 0 Å². The highest BCUT2D eigenvalue weighted by atomic mass is 16.6. The maximum Gasteiger partial charge on any atom is 0.306 e. The highest BCUT2D eigenvalue weighted by Crippen LogP contribution is 2.14. The average Bonchev–Trinajstić information content (AvgIpc) is 3.48. The van der Waals surface area contributed by atoms with Crippen molar-refractivity contribution in [2.75, 3.05) is 13.2 Å². The first-order valence-corrected chi connectivity index (χ1v) is 33.3. The summed E-state index contributed by atoms with van der Waals surface area (Å²) < 4.78 is 16.9. The fourth-order valence-electron chi connectivity index (χ4n) is 8.50. The van der Waals surface area contributed by atoms with Gasteiger partial charge in [0.25, 0.3) is 0 Å². The van der Waals surface area contributed by atoms with Crippen molar-refractivity contribution in [3.63, 3.8) is 0 Å². The van der Waals surface area contributed by atoms with Crippen LogP contribution in [0.3, 0.4) is 0 Å². The Morgan fingerprint density at radius 1 is 0.253 bits per heavy atom. The molecular weight excluding hydrogens is 1020 g/mol. The van der Waals surface area contributed by atoms with E-state index in [-0.39, 0.29) is 44.0 Å². The van der Waals surface area contributed by atoms with Crippen molar-refractivity contribution < 1.29 is 28.6 Å². The standard InChI is InChI=1S/C77H120O6/c1-4-7-10-13-16-19-22-24-26-28-30-32-34-36-38-40-42-44-46-48-50-52-55-58-61-64-67-70-76(79)82-73-74(72-81-75(78)69-66-63-60-57-54-21-18-15-12-9-6-3)83-77(80)71-68-65-62-59-56-53-51-49-47-45-43-41-39-37-35-33-31-29-27-25-23-20-17-14-11-8-5-2/h7-8,10-11,16-17,19-20,24-27,30-33,36-39,42-45,48-51,55,58,74H,4-6,9,12-15,18,21-23,28-29,34-35,40-41,46-47,52-54,56-57,59-73H2,1-3H3/b10-7-,11-8-,19-16-,20-17-,26-24-,27-25-,32-30-,33-31-,38-36-,39-37-,44-42-,45-43-,50-48-,51-49-,58-55-. The van der Waals surface area contributed by atoms with Gasteiger partial charge in [-0.2, -0.15) is 0 Å². The van der Waals surface area contributed by atoms with Crippen LogP contribution < -0.4 is 0 Å². The summed E-state index contributed by atoms with van der Waals surface area (Å²) in [5.41, 5.74) is 0. The number of carbonyl (C=O) groups excluding carboxylic acids is 3. The maximum absolute atomic E-state index is 12.9. The van der Waals surface area contributed by atoms with E-state index in [1.165, 1.54) is 51.4 Å². The second kappa shape index (κ2) is 69.0. The van der Waals surface area contributed by atoms with Gasteiger partial charge in [-0.25, -0.2) is 0 Å². The summed E-state index contributed by atoms with van der Waals surface area (Å²) in [5, 5.41) is 0. The number of ether oxygens (including phenoxy) is 3. The molecule has 0 radical (unpaired) electrons. The summed E-state index contributed by atoms with van der Waals surface area (Å²) in [6.45, 7) is 6.34. The molecule has 0 saturated heterocycles. The van der Waals surface area contributed by atoms with E-state index in [1.807, 2.05) is 0 Å². The molecule has 6 heteroatoms. The van der Waals surface area contributed by atoms with Gasteiger partial charge in [0, 0.05) is 19.3 Å². The third kappa shape index (κ3) is 67.2. The van der Waals surface area contributed by atoms with Crippen LogP contribution in [0.2, 0.25) is 0 Å². The Morgan fingerprint density at radius 3 is 0.759 bits per heavy atom. The molecule has 0 aliphatic carbocycles. The van der Waals surface area contributed by atoms with E-state index in [4.69, 9.17) is 14.2 Å². The highest BCUT2D eigenvalue weighted by Gasteiger charge is 2.19. The van der Waals surface area contributed by atoms with Crippen molar-refractivity contribution in [3.8, 4) is 0 Å². The van der Waals surface area contributed by atoms with E-state index in [2.05, 4.69) is 203 Å². The number of hydrogen-bond acceptors (Lipinski definition) is 6. The molecule has 0 aliphatic rings. The predicted molar refractivity (Wildman–Crippen MR) is 361 cm³/mol. The molecule has 0 fully saturated rings. The lowest BCUT2D eigenvalue weighted by atomic mass is 10.1. The monoisotopic (exact) mass is 1140 g/mol. The second-order valence-electron chi connectivity index (χ2n) is 21.3. The lowest BCUT2D eigenvalue weighted by Gasteiger charge is -2.18. The van der Waals surface area contributed by atoms with Gasteiger partial charge < -0.3 is 14.2 Å². The maximum atomic E-state index is 12.9. The van der Waals surface area contributed by atoms with E-state index in [9.17, 15) is 14.4 Å². The first kappa shape index (κ1) is 77.5. The van der Waals surface area contributed by atoms with Crippen molar-refractivity contribution in [1.82, 2.24) is 0 Å². The minimum atomic E-state index is -0.817. The smallest absolute Gasteiger partial charge is 0.306 e. The lowest BCUT2D eigenvalue weighted by Crippen LogP contribution is -2.30. The summed E-state index contributed by atoms with van der Waals surface area (Å²) in [4.78, 5) is 38.3. The summed E-state index contributed by atoms with van der Waals surface area (Å²) >= 11 is 0. The minimum absolute atomic E-state index is 0.107. The Hall–Kier alpha value is -5.49. The SMILES string of the molecule is CC/C=C\C/C=C\C/C=C\C/C=C\C/C=C\C/C=C\C/C=C\C/C=C\CCCCC(=O)OCC(COC(=O)CCCCCCCCCCCCC)OC(=O)CCCCCCC/C=C\C/C=C\C/C=C\C/C=C\C/C=C\C/C=C\C/C=C\CC. The Morgan fingerprint density at radius 2 is 0.470 bits per heavy atom. The molecule has 83 heavy (non-hydrogen) atoms. The topological polar surface area (TPSA) is 78.9 Å². The largest absolute Gasteiger partial charge is 0.462 e. The normalized spacial score (nSPS) is 13.3. The number of rotatable bonds is 58. The predicted octanol–water partition coefficient (Wildman–Crippen LogP) is 23.2. The van der Waals surface area contributed by atoms with Gasteiger partial charge in [0.05, 0.1) is 0 Å². The third-order valence-electron chi connectivity index (χ3n) is 13.4. The molecule has 6 nitrogen and oxygen atoms in total. The van der Waals surface area contributed by atoms with Gasteiger partial charge in [0.1, 0.15) is 13.2 Å². The molecule has 0 bridgehead atoms. The molecule has 1 atom stereocenters. The number of esters is 3. The third-order valence-corrected chi connectivity index (χ3v) is 13.4. The molecule has 0 amide bonds. The minimum Gasteiger partial charge on any atom is -0.462 e. The molecule has 1 unspecified atom stereocenters. The Kier molecular flexibility index (Phi) is 64.4. The molecule has 0 spiro atoms. The molecule has 0 N–H and O–H groups in total. The van der Waals surface area contributed by atoms with E-state index < -0.39 is 6.10 Å². The molecular formula is C77H120O6. The van der Waals surface area contributed by atoms with Crippen molar-refractivity contribution >= 4 is 17.9 Å². The first-order valence-electron chi connectivity index (χ1n) is 33.3. The zero-order valence-corrected chi connectivity index (χ0v) is 53.1. The van der Waals surface area contributed by atoms with Crippen LogP contribution >= 0.6 is 0 Å². The zero-order valence-electron chi connectivity index (χ0n) is 53.1. The molecule has 0 saturated carbocycles. The van der Waals surface area contributed by atoms with Crippen molar-refractivity contribution in [2.24, 2.45) is 0 Å². The summed E-state index contributed by atoms with van der Waals surface area (Å²) in [5.74, 6) is -0.978. The van der Waals surface area contributed by atoms with Crippen LogP contribution in [0.15, 0.2) is 182 Å². The van der Waals surface area contributed by atoms with Crippen molar-refractivity contribution in [2.45, 2.75) is 271 Å². The lowest BCUT2D eigenvalue weighted by molar-refractivity contribution is -0.167. The fraction of sp³-hybridized carbons (Fsp3) is 0.571. The van der Waals surface area contributed by atoms with Crippen LogP contribution in [0.25, 0.3) is 0 Å². The van der Waals surface area contributed by atoms with Gasteiger partial charge in [0.2, 0.25) is 0 Å². The average molecular weight is 1140 g/mol. The van der Waals surface area contributed by atoms with Crippen LogP contribution in [-0.4, -0.2) is 37.2 Å². The quantitative estimate of drug-likeness (QED) is 0.0261. The van der Waals surface area contributed by atoms with Crippen LogP contribution in [0.1, 0.15) is 265 Å². The summed E-state index contributed by atoms with van der Waals surface area (Å²) in [7, 11) is 0. The molecule has 0 aromatic rings. The number of allylic oxidation sites excluding steroid dienone is 30. The van der Waals surface area contributed by atoms with Crippen LogP contribution in [0, 0.1) is 0 Å². The molecule has 464 valence electrons. The van der Waals surface area contributed by atoms with Crippen LogP contribution in [-0.2, 0) is 28.6 Å². The molecule has 0 aromatic carbocycles. The van der Waals surface area contributed by atoms with E-state index in [0.717, 1.165) is 167 Å². The number of carbonyl (C=O) groups is 3. The van der Waals surface area contributed by atoms with E-state index >= 15 is 0 Å². The van der Waals surface area contributed by atoms with Gasteiger partial charge in [-0.05, 0) is 141 Å². The molecule has 0 rings (SSSR count). The Labute approximate surface area is 510 Å². The summed E-state index contributed by atoms with van der Waals surface area (Å²) in [6, 6.07) is 0. The Balaban J connectivity index is 4.46. The molecule has 0 heterocycles. The van der Waals surface area contributed by atoms with Gasteiger partial charge >= 0.3 is 17.9 Å².